The van der Waals surface area contributed by atoms with Crippen LogP contribution in [0.5, 0.6) is 0 Å². The highest BCUT2D eigenvalue weighted by atomic mass is 32.2. The number of nitrogen functional groups attached to an aromatic ring is 1. The highest BCUT2D eigenvalue weighted by Crippen LogP contribution is 2.21. The fourth-order valence-corrected chi connectivity index (χ4v) is 4.31. The van der Waals surface area contributed by atoms with Crippen LogP contribution in [-0.2, 0) is 21.3 Å². The van der Waals surface area contributed by atoms with E-state index in [1.807, 2.05) is 0 Å². The predicted molar refractivity (Wildman–Crippen MR) is 127 cm³/mol. The number of imidazole rings is 1. The smallest absolute Gasteiger partial charge is 0.450 e. The number of nitrogens with one attached hydrogen (secondary N) is 1. The molecule has 4 N–H and O–H groups in total. The zero-order chi connectivity index (χ0) is 25.8. The summed E-state index contributed by atoms with van der Waals surface area (Å²) >= 11 is 0. The van der Waals surface area contributed by atoms with Gasteiger partial charge in [0.2, 0.25) is 16.0 Å². The molecule has 0 radical (unpaired) electrons. The van der Waals surface area contributed by atoms with Crippen molar-refractivity contribution in [2.45, 2.75) is 19.9 Å². The van der Waals surface area contributed by atoms with Crippen LogP contribution in [0.4, 0.5) is 21.4 Å². The molecule has 0 atom stereocenters. The summed E-state index contributed by atoms with van der Waals surface area (Å²) in [6.45, 7) is 1.25. The number of fused-ring (bicyclic) bond motifs is 1. The van der Waals surface area contributed by atoms with Gasteiger partial charge < -0.3 is 20.5 Å². The van der Waals surface area contributed by atoms with Gasteiger partial charge in [0.1, 0.15) is 12.1 Å². The maximum atomic E-state index is 13.4. The lowest BCUT2D eigenvalue weighted by atomic mass is 10.2. The molecular formula is C20H25N7O7S. The van der Waals surface area contributed by atoms with Gasteiger partial charge in [-0.25, -0.2) is 27.4 Å². The third-order valence-electron chi connectivity index (χ3n) is 4.87. The van der Waals surface area contributed by atoms with Crippen molar-refractivity contribution in [1.82, 2.24) is 24.0 Å². The van der Waals surface area contributed by atoms with Crippen molar-refractivity contribution in [3.63, 3.8) is 0 Å². The highest BCUT2D eigenvalue weighted by molar-refractivity contribution is 7.92. The number of hydrogen-bond acceptors (Lipinski definition) is 9. The molecule has 3 aromatic rings. The van der Waals surface area contributed by atoms with Crippen molar-refractivity contribution in [2.75, 3.05) is 36.4 Å². The number of sulfonamides is 1. The molecule has 35 heavy (non-hydrogen) atoms. The Labute approximate surface area is 200 Å². The summed E-state index contributed by atoms with van der Waals surface area (Å²) < 4.78 is 33.0. The number of carbonyl (C=O) groups is 2. The summed E-state index contributed by atoms with van der Waals surface area (Å²) in [4.78, 5) is 46.3. The minimum Gasteiger partial charge on any atom is -0.450 e. The standard InChI is InChI=1S/C20H25N7O7S/c1-3-11-35(32,33)24-17-22-15(21)14-16(23-17)26(12-13-7-5-4-6-8-13)19(29)27(14)18(28)25(2)9-10-34-20(30)31/h4-8H,3,9-12H2,1-2H3,(H,30,31)(H3,21,22,23,24). The number of hydrogen-bond donors (Lipinski definition) is 3. The van der Waals surface area contributed by atoms with Gasteiger partial charge >= 0.3 is 17.9 Å². The molecule has 14 nitrogen and oxygen atoms in total. The van der Waals surface area contributed by atoms with Gasteiger partial charge in [-0.05, 0) is 12.0 Å². The topological polar surface area (TPSA) is 192 Å². The molecule has 15 heteroatoms. The lowest BCUT2D eigenvalue weighted by Gasteiger charge is -2.16. The Morgan fingerprint density at radius 1 is 1.23 bits per heavy atom. The molecule has 0 saturated carbocycles. The summed E-state index contributed by atoms with van der Waals surface area (Å²) in [7, 11) is -2.40. The zero-order valence-electron chi connectivity index (χ0n) is 19.0. The second kappa shape index (κ2) is 10.4. The van der Waals surface area contributed by atoms with Crippen LogP contribution in [0.15, 0.2) is 35.1 Å². The molecule has 1 amide bonds. The first kappa shape index (κ1) is 25.5. The monoisotopic (exact) mass is 507 g/mol. The Morgan fingerprint density at radius 2 is 1.91 bits per heavy atom. The van der Waals surface area contributed by atoms with Crippen molar-refractivity contribution >= 4 is 45.1 Å². The first-order chi connectivity index (χ1) is 16.5. The molecule has 188 valence electrons. The molecule has 0 saturated heterocycles. The first-order valence-corrected chi connectivity index (χ1v) is 12.1. The Bertz CT molecular complexity index is 1400. The van der Waals surface area contributed by atoms with E-state index in [9.17, 15) is 22.8 Å². The number of ether oxygens (including phenoxy) is 1. The summed E-state index contributed by atoms with van der Waals surface area (Å²) in [5, 5.41) is 8.62. The van der Waals surface area contributed by atoms with Gasteiger partial charge in [0.05, 0.1) is 18.8 Å². The Hall–Kier alpha value is -4.14. The quantitative estimate of drug-likeness (QED) is 0.351. The molecule has 0 bridgehead atoms. The highest BCUT2D eigenvalue weighted by Gasteiger charge is 2.26. The van der Waals surface area contributed by atoms with Crippen LogP contribution < -0.4 is 16.1 Å². The first-order valence-electron chi connectivity index (χ1n) is 10.5. The van der Waals surface area contributed by atoms with Crippen LogP contribution in [0.25, 0.3) is 11.2 Å². The van der Waals surface area contributed by atoms with Crippen molar-refractivity contribution in [2.24, 2.45) is 0 Å². The molecule has 0 aliphatic carbocycles. The summed E-state index contributed by atoms with van der Waals surface area (Å²) in [5.74, 6) is -0.803. The summed E-state index contributed by atoms with van der Waals surface area (Å²) in [5.41, 5.74) is 5.84. The average Bonchev–Trinajstić information content (AvgIpc) is 3.05. The molecule has 0 aliphatic heterocycles. The number of aromatic nitrogens is 4. The molecule has 0 spiro atoms. The van der Waals surface area contributed by atoms with Gasteiger partial charge in [-0.15, -0.1) is 0 Å². The number of nitrogens with zero attached hydrogens (tertiary/aromatic N) is 5. The second-order valence-corrected chi connectivity index (χ2v) is 9.38. The third kappa shape index (κ3) is 5.87. The van der Waals surface area contributed by atoms with E-state index in [-0.39, 0.29) is 48.4 Å². The Kier molecular flexibility index (Phi) is 7.58. The van der Waals surface area contributed by atoms with E-state index in [0.717, 1.165) is 15.0 Å². The van der Waals surface area contributed by atoms with Gasteiger partial charge in [0, 0.05) is 7.05 Å². The van der Waals surface area contributed by atoms with E-state index < -0.39 is 27.9 Å². The SMILES string of the molecule is CCCS(=O)(=O)Nc1nc(N)c2c(n1)n(Cc1ccccc1)c(=O)n2C(=O)N(C)CCOC(=O)O. The van der Waals surface area contributed by atoms with Crippen molar-refractivity contribution in [3.05, 3.63) is 46.4 Å². The van der Waals surface area contributed by atoms with Crippen LogP contribution >= 0.6 is 0 Å². The van der Waals surface area contributed by atoms with Crippen LogP contribution in [0.1, 0.15) is 18.9 Å². The number of nitrogens with two attached hydrogens (primary N) is 1. The number of anilines is 2. The van der Waals surface area contributed by atoms with E-state index in [2.05, 4.69) is 19.4 Å². The van der Waals surface area contributed by atoms with Crippen LogP contribution in [0, 0.1) is 0 Å². The largest absolute Gasteiger partial charge is 0.505 e. The van der Waals surface area contributed by atoms with Crippen molar-refractivity contribution < 1.29 is 27.9 Å². The molecule has 0 unspecified atom stereocenters. The maximum Gasteiger partial charge on any atom is 0.505 e. The Balaban J connectivity index is 2.13. The van der Waals surface area contributed by atoms with Gasteiger partial charge in [0.25, 0.3) is 0 Å². The number of likely N-dealkylation sites (N-methyl/N-ethyl adjacent to an activating group) is 1. The molecule has 2 aromatic heterocycles. The van der Waals surface area contributed by atoms with Crippen LogP contribution in [0.2, 0.25) is 0 Å². The molecular weight excluding hydrogens is 482 g/mol. The lowest BCUT2D eigenvalue weighted by Crippen LogP contribution is -2.40. The molecule has 0 aliphatic rings. The van der Waals surface area contributed by atoms with Gasteiger partial charge in [-0.2, -0.15) is 9.97 Å². The van der Waals surface area contributed by atoms with Crippen LogP contribution in [-0.4, -0.2) is 75.7 Å². The molecule has 3 rings (SSSR count). The van der Waals surface area contributed by atoms with Crippen molar-refractivity contribution in [1.29, 1.82) is 0 Å². The minimum absolute atomic E-state index is 0.0138. The van der Waals surface area contributed by atoms with E-state index >= 15 is 0 Å². The Morgan fingerprint density at radius 3 is 2.54 bits per heavy atom. The lowest BCUT2D eigenvalue weighted by molar-refractivity contribution is 0.0854. The van der Waals surface area contributed by atoms with E-state index in [1.54, 1.807) is 37.3 Å². The van der Waals surface area contributed by atoms with Crippen LogP contribution in [0.3, 0.4) is 0 Å². The van der Waals surface area contributed by atoms with E-state index in [4.69, 9.17) is 10.8 Å². The minimum atomic E-state index is -3.75. The summed E-state index contributed by atoms with van der Waals surface area (Å²) in [6.07, 6.45) is -1.15. The van der Waals surface area contributed by atoms with E-state index in [1.165, 1.54) is 11.6 Å². The number of carboxylic acid groups (broad SMARTS) is 1. The molecule has 2 heterocycles. The van der Waals surface area contributed by atoms with E-state index in [0.29, 0.717) is 6.42 Å². The molecule has 0 fully saturated rings. The zero-order valence-corrected chi connectivity index (χ0v) is 19.9. The summed E-state index contributed by atoms with van der Waals surface area (Å²) in [6, 6.07) is 8.05. The van der Waals surface area contributed by atoms with Gasteiger partial charge in [-0.1, -0.05) is 37.3 Å². The third-order valence-corrected chi connectivity index (χ3v) is 6.31. The second-order valence-electron chi connectivity index (χ2n) is 7.53. The number of carbonyl (C=O) groups excluding carboxylic acids is 1. The average molecular weight is 508 g/mol. The number of benzene rings is 1. The van der Waals surface area contributed by atoms with Crippen molar-refractivity contribution in [3.8, 4) is 0 Å². The fourth-order valence-electron chi connectivity index (χ4n) is 3.30. The van der Waals surface area contributed by atoms with Gasteiger partial charge in [0.15, 0.2) is 11.5 Å². The normalized spacial score (nSPS) is 11.4. The predicted octanol–water partition coefficient (Wildman–Crippen LogP) is 0.970. The number of amides is 1. The van der Waals surface area contributed by atoms with Gasteiger partial charge in [-0.3, -0.25) is 9.29 Å². The maximum absolute atomic E-state index is 13.4. The number of rotatable bonds is 9. The fraction of sp³-hybridized carbons (Fsp3) is 0.350. The molecule has 1 aromatic carbocycles.